The van der Waals surface area contributed by atoms with Crippen LogP contribution in [0.5, 0.6) is 0 Å². The number of piperidine rings is 1. The summed E-state index contributed by atoms with van der Waals surface area (Å²) in [7, 11) is 1.93. The number of aryl methyl sites for hydroxylation is 1. The zero-order valence-electron chi connectivity index (χ0n) is 13.3. The summed E-state index contributed by atoms with van der Waals surface area (Å²) in [6.07, 6.45) is 3.34. The monoisotopic (exact) mass is 295 g/mol. The highest BCUT2D eigenvalue weighted by molar-refractivity contribution is 5.68. The van der Waals surface area contributed by atoms with Gasteiger partial charge in [-0.3, -0.25) is 0 Å². The fourth-order valence-corrected chi connectivity index (χ4v) is 2.30. The van der Waals surface area contributed by atoms with Gasteiger partial charge in [0.2, 0.25) is 0 Å². The van der Waals surface area contributed by atoms with Gasteiger partial charge in [-0.2, -0.15) is 0 Å². The normalized spacial score (nSPS) is 17.0. The molecule has 1 aliphatic heterocycles. The molecule has 0 saturated carbocycles. The molecular weight excluding hydrogens is 270 g/mol. The number of likely N-dealkylation sites (tertiary alicyclic amines) is 1. The molecule has 1 aromatic heterocycles. The number of hydrogen-bond acceptors (Lipinski definition) is 5. The molecule has 0 unspecified atom stereocenters. The predicted octanol–water partition coefficient (Wildman–Crippen LogP) is 1.30. The summed E-state index contributed by atoms with van der Waals surface area (Å²) in [5.74, 6) is 0.921. The van der Waals surface area contributed by atoms with E-state index in [9.17, 15) is 4.79 Å². The molecule has 21 heavy (non-hydrogen) atoms. The van der Waals surface area contributed by atoms with Crippen LogP contribution >= 0.6 is 0 Å². The molecule has 0 atom stereocenters. The van der Waals surface area contributed by atoms with Crippen LogP contribution in [0.4, 0.5) is 4.79 Å². The number of nitrogens with one attached hydrogen (secondary N) is 1. The van der Waals surface area contributed by atoms with Gasteiger partial charge in [-0.15, -0.1) is 10.2 Å². The lowest BCUT2D eigenvalue weighted by Crippen LogP contribution is -2.46. The third-order valence-corrected chi connectivity index (χ3v) is 3.50. The van der Waals surface area contributed by atoms with Crippen molar-refractivity contribution in [3.63, 3.8) is 0 Å². The third kappa shape index (κ3) is 4.70. The van der Waals surface area contributed by atoms with Crippen LogP contribution < -0.4 is 5.32 Å². The van der Waals surface area contributed by atoms with Crippen molar-refractivity contribution in [1.82, 2.24) is 25.0 Å². The molecule has 7 nitrogen and oxygen atoms in total. The Balaban J connectivity index is 1.73. The first-order valence-corrected chi connectivity index (χ1v) is 7.39. The molecule has 0 spiro atoms. The number of hydrogen-bond donors (Lipinski definition) is 1. The molecule has 1 aromatic rings. The molecule has 1 amide bonds. The number of aromatic nitrogens is 3. The third-order valence-electron chi connectivity index (χ3n) is 3.50. The maximum atomic E-state index is 12.0. The van der Waals surface area contributed by atoms with E-state index in [4.69, 9.17) is 4.74 Å². The van der Waals surface area contributed by atoms with Crippen LogP contribution in [0.1, 0.15) is 39.4 Å². The number of rotatable bonds is 3. The maximum absolute atomic E-state index is 12.0. The first kappa shape index (κ1) is 15.8. The highest BCUT2D eigenvalue weighted by Crippen LogP contribution is 2.15. The summed E-state index contributed by atoms with van der Waals surface area (Å²) >= 11 is 0. The van der Waals surface area contributed by atoms with E-state index in [1.165, 1.54) is 0 Å². The lowest BCUT2D eigenvalue weighted by atomic mass is 10.1. The largest absolute Gasteiger partial charge is 0.444 e. The minimum absolute atomic E-state index is 0.214. The van der Waals surface area contributed by atoms with E-state index in [1.54, 1.807) is 11.2 Å². The molecule has 0 aliphatic carbocycles. The molecule has 7 heteroatoms. The molecule has 0 aromatic carbocycles. The zero-order chi connectivity index (χ0) is 15.5. The molecule has 0 bridgehead atoms. The Morgan fingerprint density at radius 2 is 2.10 bits per heavy atom. The van der Waals surface area contributed by atoms with Crippen molar-refractivity contribution >= 4 is 6.09 Å². The number of carbonyl (C=O) groups excluding carboxylic acids is 1. The highest BCUT2D eigenvalue weighted by atomic mass is 16.6. The zero-order valence-corrected chi connectivity index (χ0v) is 13.3. The van der Waals surface area contributed by atoms with Crippen LogP contribution in [0.2, 0.25) is 0 Å². The van der Waals surface area contributed by atoms with E-state index in [2.05, 4.69) is 15.5 Å². The van der Waals surface area contributed by atoms with Crippen molar-refractivity contribution in [2.24, 2.45) is 7.05 Å². The number of carbonyl (C=O) groups is 1. The summed E-state index contributed by atoms with van der Waals surface area (Å²) in [4.78, 5) is 13.8. The average Bonchev–Trinajstić information content (AvgIpc) is 2.80. The number of nitrogens with zero attached hydrogens (tertiary/aromatic N) is 4. The topological polar surface area (TPSA) is 72.3 Å². The molecule has 2 rings (SSSR count). The Bertz CT molecular complexity index is 472. The van der Waals surface area contributed by atoms with Crippen molar-refractivity contribution in [2.45, 2.75) is 51.8 Å². The van der Waals surface area contributed by atoms with Crippen LogP contribution in [0.25, 0.3) is 0 Å². The Hall–Kier alpha value is -1.63. The standard InChI is InChI=1S/C14H25N5O2/c1-14(2,3)21-13(20)19-7-5-11(6-8-19)15-9-12-17-16-10-18(12)4/h10-11,15H,5-9H2,1-4H3. The van der Waals surface area contributed by atoms with E-state index in [1.807, 2.05) is 32.4 Å². The van der Waals surface area contributed by atoms with Crippen molar-refractivity contribution < 1.29 is 9.53 Å². The second-order valence-corrected chi connectivity index (χ2v) is 6.48. The summed E-state index contributed by atoms with van der Waals surface area (Å²) in [5, 5.41) is 11.4. The number of ether oxygens (including phenoxy) is 1. The Kier molecular flexibility index (Phi) is 4.82. The van der Waals surface area contributed by atoms with Crippen LogP contribution in [0, 0.1) is 0 Å². The predicted molar refractivity (Wildman–Crippen MR) is 78.7 cm³/mol. The second-order valence-electron chi connectivity index (χ2n) is 6.48. The second kappa shape index (κ2) is 6.43. The molecule has 1 saturated heterocycles. The quantitative estimate of drug-likeness (QED) is 0.910. The van der Waals surface area contributed by atoms with Gasteiger partial charge in [-0.25, -0.2) is 4.79 Å². The molecule has 1 aliphatic rings. The van der Waals surface area contributed by atoms with Crippen molar-refractivity contribution in [3.05, 3.63) is 12.2 Å². The molecule has 118 valence electrons. The Morgan fingerprint density at radius 3 is 2.62 bits per heavy atom. The van der Waals surface area contributed by atoms with Crippen LogP contribution in [0.3, 0.4) is 0 Å². The van der Waals surface area contributed by atoms with Crippen LogP contribution in [0.15, 0.2) is 6.33 Å². The molecule has 2 heterocycles. The van der Waals surface area contributed by atoms with Gasteiger partial charge in [0.1, 0.15) is 17.8 Å². The lowest BCUT2D eigenvalue weighted by Gasteiger charge is -2.33. The fourth-order valence-electron chi connectivity index (χ4n) is 2.30. The van der Waals surface area contributed by atoms with Gasteiger partial charge in [-0.05, 0) is 33.6 Å². The van der Waals surface area contributed by atoms with Crippen molar-refractivity contribution in [1.29, 1.82) is 0 Å². The summed E-state index contributed by atoms with van der Waals surface area (Å²) in [6.45, 7) is 7.82. The van der Waals surface area contributed by atoms with Gasteiger partial charge < -0.3 is 19.5 Å². The van der Waals surface area contributed by atoms with Gasteiger partial charge in [0.15, 0.2) is 0 Å². The minimum atomic E-state index is -0.433. The summed E-state index contributed by atoms with van der Waals surface area (Å²) < 4.78 is 7.30. The first-order valence-electron chi connectivity index (χ1n) is 7.39. The van der Waals surface area contributed by atoms with Gasteiger partial charge in [0, 0.05) is 26.2 Å². The average molecular weight is 295 g/mol. The van der Waals surface area contributed by atoms with Crippen LogP contribution in [-0.4, -0.2) is 50.5 Å². The molecule has 0 radical (unpaired) electrons. The fraction of sp³-hybridized carbons (Fsp3) is 0.786. The highest BCUT2D eigenvalue weighted by Gasteiger charge is 2.26. The first-order chi connectivity index (χ1) is 9.85. The molecular formula is C14H25N5O2. The van der Waals surface area contributed by atoms with E-state index in [0.717, 1.165) is 31.8 Å². The van der Waals surface area contributed by atoms with E-state index in [-0.39, 0.29) is 6.09 Å². The SMILES string of the molecule is Cn1cnnc1CNC1CCN(C(=O)OC(C)(C)C)CC1. The van der Waals surface area contributed by atoms with Gasteiger partial charge in [0.25, 0.3) is 0 Å². The summed E-state index contributed by atoms with van der Waals surface area (Å²) in [5.41, 5.74) is -0.433. The van der Waals surface area contributed by atoms with Crippen molar-refractivity contribution in [3.8, 4) is 0 Å². The summed E-state index contributed by atoms with van der Waals surface area (Å²) in [6, 6.07) is 0.403. The molecule has 1 N–H and O–H groups in total. The maximum Gasteiger partial charge on any atom is 0.410 e. The lowest BCUT2D eigenvalue weighted by molar-refractivity contribution is 0.0198. The minimum Gasteiger partial charge on any atom is -0.444 e. The number of amides is 1. The van der Waals surface area contributed by atoms with E-state index >= 15 is 0 Å². The van der Waals surface area contributed by atoms with Crippen molar-refractivity contribution in [2.75, 3.05) is 13.1 Å². The van der Waals surface area contributed by atoms with Gasteiger partial charge in [-0.1, -0.05) is 0 Å². The molecule has 1 fully saturated rings. The van der Waals surface area contributed by atoms with E-state index in [0.29, 0.717) is 12.6 Å². The van der Waals surface area contributed by atoms with Gasteiger partial charge >= 0.3 is 6.09 Å². The Morgan fingerprint density at radius 1 is 1.43 bits per heavy atom. The van der Waals surface area contributed by atoms with E-state index < -0.39 is 5.60 Å². The Labute approximate surface area is 125 Å². The van der Waals surface area contributed by atoms with Gasteiger partial charge in [0.05, 0.1) is 6.54 Å². The van der Waals surface area contributed by atoms with Crippen LogP contribution in [-0.2, 0) is 18.3 Å². The smallest absolute Gasteiger partial charge is 0.410 e.